The first-order chi connectivity index (χ1) is 12.3. The molecule has 0 heterocycles. The molecule has 0 saturated carbocycles. The van der Waals surface area contributed by atoms with E-state index in [1.807, 2.05) is 0 Å². The quantitative estimate of drug-likeness (QED) is 0.121. The summed E-state index contributed by atoms with van der Waals surface area (Å²) in [5.74, 6) is -2.85. The van der Waals surface area contributed by atoms with Crippen LogP contribution in [0.1, 0.15) is 36.5 Å². The fourth-order valence-corrected chi connectivity index (χ4v) is 2.20. The van der Waals surface area contributed by atoms with E-state index in [0.717, 1.165) is 0 Å². The molecule has 0 rings (SSSR count). The fourth-order valence-electron chi connectivity index (χ4n) is 1.72. The van der Waals surface area contributed by atoms with Crippen molar-refractivity contribution in [2.45, 2.75) is 33.6 Å². The van der Waals surface area contributed by atoms with E-state index in [1.54, 1.807) is 6.92 Å². The minimum atomic E-state index is -4.17. The Bertz CT molecular complexity index is 678. The molecule has 0 saturated heterocycles. The third kappa shape index (κ3) is 10.8. The van der Waals surface area contributed by atoms with E-state index < -0.39 is 52.4 Å². The van der Waals surface area contributed by atoms with Crippen LogP contribution in [0.5, 0.6) is 0 Å². The molecule has 0 bridgehead atoms. The Kier molecular flexibility index (Phi) is 13.3. The second-order valence-electron chi connectivity index (χ2n) is 6.12. The third-order valence-corrected chi connectivity index (χ3v) is 4.35. The Hall–Kier alpha value is -1.43. The maximum atomic E-state index is 12.5. The summed E-state index contributed by atoms with van der Waals surface area (Å²) in [5, 5.41) is 0. The summed E-state index contributed by atoms with van der Waals surface area (Å²) in [5.41, 5.74) is -1.23. The molecule has 0 atom stereocenters. The third-order valence-electron chi connectivity index (χ3n) is 3.55. The molecular formula is C17H28MgO9S. The second-order valence-corrected chi connectivity index (χ2v) is 7.69. The van der Waals surface area contributed by atoms with E-state index >= 15 is 0 Å². The van der Waals surface area contributed by atoms with Gasteiger partial charge in [0, 0.05) is 11.1 Å². The number of ether oxygens (including phenoxy) is 3. The van der Waals surface area contributed by atoms with Gasteiger partial charge in [-0.3, -0.25) is 9.35 Å². The van der Waals surface area contributed by atoms with Gasteiger partial charge in [-0.15, -0.1) is 0 Å². The Morgan fingerprint density at radius 2 is 1.43 bits per heavy atom. The minimum absolute atomic E-state index is 0. The van der Waals surface area contributed by atoms with Gasteiger partial charge in [-0.2, -0.15) is 8.42 Å². The normalized spacial score (nSPS) is 11.0. The van der Waals surface area contributed by atoms with Crippen LogP contribution in [0.25, 0.3) is 0 Å². The van der Waals surface area contributed by atoms with Crippen LogP contribution in [-0.4, -0.2) is 79.5 Å². The second kappa shape index (κ2) is 12.9. The zero-order chi connectivity index (χ0) is 21.3. The predicted molar refractivity (Wildman–Crippen MR) is 104 cm³/mol. The molecule has 0 fully saturated rings. The van der Waals surface area contributed by atoms with Gasteiger partial charge in [-0.1, -0.05) is 20.1 Å². The zero-order valence-electron chi connectivity index (χ0n) is 18.5. The summed E-state index contributed by atoms with van der Waals surface area (Å²) < 4.78 is 45.2. The van der Waals surface area contributed by atoms with Crippen molar-refractivity contribution >= 4 is 51.1 Å². The molecule has 0 unspecified atom stereocenters. The van der Waals surface area contributed by atoms with E-state index in [1.165, 1.54) is 13.8 Å². The summed E-state index contributed by atoms with van der Waals surface area (Å²) in [6.45, 7) is 10.2. The number of carbonyl (C=O) groups is 3. The van der Waals surface area contributed by atoms with Gasteiger partial charge in [-0.05, 0) is 26.7 Å². The number of esters is 3. The zero-order valence-corrected chi connectivity index (χ0v) is 18.7. The van der Waals surface area contributed by atoms with Gasteiger partial charge in [0.2, 0.25) is 0 Å². The van der Waals surface area contributed by atoms with Crippen molar-refractivity contribution in [3.8, 4) is 0 Å². The number of carbonyl (C=O) groups excluding carboxylic acids is 3. The van der Waals surface area contributed by atoms with Gasteiger partial charge in [0.25, 0.3) is 10.1 Å². The van der Waals surface area contributed by atoms with E-state index in [4.69, 9.17) is 18.8 Å². The van der Waals surface area contributed by atoms with Crippen molar-refractivity contribution in [1.29, 1.82) is 0 Å². The average Bonchev–Trinajstić information content (AvgIpc) is 2.57. The first kappa shape index (κ1) is 28.8. The molecule has 11 heteroatoms. The summed E-state index contributed by atoms with van der Waals surface area (Å²) >= 11 is 0. The molecule has 0 radical (unpaired) electrons. The van der Waals surface area contributed by atoms with Gasteiger partial charge in [0.15, 0.2) is 0 Å². The van der Waals surface area contributed by atoms with Crippen molar-refractivity contribution in [1.82, 2.24) is 0 Å². The van der Waals surface area contributed by atoms with Crippen LogP contribution < -0.4 is 0 Å². The molecule has 1 N–H and O–H groups in total. The van der Waals surface area contributed by atoms with Gasteiger partial charge < -0.3 is 17.1 Å². The molecule has 0 aliphatic heterocycles. The van der Waals surface area contributed by atoms with Crippen LogP contribution in [0.4, 0.5) is 0 Å². The molecule has 0 aliphatic carbocycles. The maximum Gasteiger partial charge on any atom is 2.00 e. The van der Waals surface area contributed by atoms with Gasteiger partial charge in [0.1, 0.15) is 18.6 Å². The largest absolute Gasteiger partial charge is 2.00 e. The Morgan fingerprint density at radius 3 is 1.75 bits per heavy atom. The Labute approximate surface area is 184 Å². The number of hydrogen-bond donors (Lipinski definition) is 1. The molecule has 0 aromatic rings. The van der Waals surface area contributed by atoms with Crippen molar-refractivity contribution in [2.75, 3.05) is 25.6 Å². The molecule has 158 valence electrons. The van der Waals surface area contributed by atoms with E-state index in [9.17, 15) is 22.8 Å². The fraction of sp³-hybridized carbons (Fsp3) is 0.588. The van der Waals surface area contributed by atoms with Crippen LogP contribution in [-0.2, 0) is 38.7 Å². The Morgan fingerprint density at radius 1 is 1.00 bits per heavy atom. The smallest absolute Gasteiger partial charge is 1.00 e. The Balaban J connectivity index is -0.00000113. The van der Waals surface area contributed by atoms with E-state index in [-0.39, 0.29) is 56.5 Å². The van der Waals surface area contributed by atoms with Crippen LogP contribution in [0.2, 0.25) is 0 Å². The molecule has 0 spiro atoms. The van der Waals surface area contributed by atoms with E-state index in [2.05, 4.69) is 13.2 Å². The first-order valence-corrected chi connectivity index (χ1v) is 9.73. The van der Waals surface area contributed by atoms with Crippen molar-refractivity contribution in [3.05, 3.63) is 24.3 Å². The summed E-state index contributed by atoms with van der Waals surface area (Å²) in [4.78, 5) is 35.8. The van der Waals surface area contributed by atoms with Crippen molar-refractivity contribution < 1.29 is 44.4 Å². The molecule has 9 nitrogen and oxygen atoms in total. The van der Waals surface area contributed by atoms with Crippen LogP contribution >= 0.6 is 0 Å². The van der Waals surface area contributed by atoms with Crippen LogP contribution in [0.3, 0.4) is 0 Å². The first-order valence-electron chi connectivity index (χ1n) is 8.12. The minimum Gasteiger partial charge on any atom is -1.00 e. The van der Waals surface area contributed by atoms with Gasteiger partial charge in [-0.25, -0.2) is 9.59 Å². The van der Waals surface area contributed by atoms with Crippen molar-refractivity contribution in [2.24, 2.45) is 5.41 Å². The number of rotatable bonds is 12. The average molecular weight is 433 g/mol. The van der Waals surface area contributed by atoms with Crippen LogP contribution in [0, 0.1) is 5.41 Å². The molecule has 0 aliphatic rings. The monoisotopic (exact) mass is 432 g/mol. The summed E-state index contributed by atoms with van der Waals surface area (Å²) in [6, 6.07) is 0. The topological polar surface area (TPSA) is 133 Å². The molecule has 0 amide bonds. The van der Waals surface area contributed by atoms with Gasteiger partial charge in [0.05, 0.1) is 12.4 Å². The summed E-state index contributed by atoms with van der Waals surface area (Å²) in [7, 11) is -4.17. The standard InChI is InChI=1S/C17H26O9S.Mg.2H/c1-6-17(10-25-14(18)12(2)3,11-26-15(19)13(4)5)16(20)24-8-7-9-27(21,22)23;;;/h2,4,6-11H2,1,3,5H3,(H,21,22,23);;;/q;+2;2*-1. The molecule has 0 aromatic carbocycles. The maximum absolute atomic E-state index is 12.5. The van der Waals surface area contributed by atoms with Crippen LogP contribution in [0.15, 0.2) is 24.3 Å². The van der Waals surface area contributed by atoms with E-state index in [0.29, 0.717) is 0 Å². The molecular weight excluding hydrogens is 405 g/mol. The van der Waals surface area contributed by atoms with Crippen molar-refractivity contribution in [3.63, 3.8) is 0 Å². The summed E-state index contributed by atoms with van der Waals surface area (Å²) in [6.07, 6.45) is -0.0153. The molecule has 0 aromatic heterocycles. The SMILES string of the molecule is C=C(C)C(=O)OCC(CC)(COC(=O)C(=C)C)C(=O)OCCCS(=O)(=O)O.[H-].[H-].[Mg+2]. The number of hydrogen-bond acceptors (Lipinski definition) is 8. The van der Waals surface area contributed by atoms with Gasteiger partial charge >= 0.3 is 41.0 Å². The molecule has 28 heavy (non-hydrogen) atoms. The predicted octanol–water partition coefficient (Wildman–Crippen LogP) is 1.29.